The SMILES string of the molecule is C=CCN(C(=O)C(Cc1ccc(O)cc1)NC(=O)OC(C)(C)C)C(C(=O)NC(Cc1ccccc1)C(=O)OC(C)(C)C)c1cccc(C)c1O. The average Bonchev–Trinajstić information content (AvgIpc) is 3.01. The Balaban J connectivity index is 2.13. The zero-order valence-corrected chi connectivity index (χ0v) is 29.9. The number of alkyl carbamates (subject to hydrolysis) is 1. The molecule has 3 aromatic rings. The predicted octanol–water partition coefficient (Wildman–Crippen LogP) is 5.67. The van der Waals surface area contributed by atoms with Gasteiger partial charge in [0.1, 0.15) is 40.8 Å². The third-order valence-corrected chi connectivity index (χ3v) is 7.39. The number of aryl methyl sites for hydroxylation is 1. The van der Waals surface area contributed by atoms with Crippen LogP contribution in [-0.4, -0.2) is 68.8 Å². The molecule has 0 saturated carbocycles. The van der Waals surface area contributed by atoms with Crippen LogP contribution in [0, 0.1) is 6.92 Å². The molecule has 0 heterocycles. The minimum absolute atomic E-state index is 0.0201. The van der Waals surface area contributed by atoms with Crippen molar-refractivity contribution in [1.29, 1.82) is 0 Å². The lowest BCUT2D eigenvalue weighted by Gasteiger charge is -2.35. The van der Waals surface area contributed by atoms with Crippen LogP contribution >= 0.6 is 0 Å². The maximum Gasteiger partial charge on any atom is 0.408 e. The summed E-state index contributed by atoms with van der Waals surface area (Å²) in [6.45, 7) is 15.5. The standard InChI is InChI=1S/C39H49N3O8/c1-9-22-42(35(46)30(41-37(48)50-39(6,7)8)23-27-18-20-28(43)21-19-27)32(29-17-13-14-25(2)33(29)44)34(45)40-31(36(47)49-38(3,4)5)24-26-15-11-10-12-16-26/h9-21,30-32,43-44H,1,22-24H2,2-8H3,(H,40,45)(H,41,48). The van der Waals surface area contributed by atoms with Crippen LogP contribution in [0.25, 0.3) is 0 Å². The first-order valence-electron chi connectivity index (χ1n) is 16.4. The number of phenolic OH excluding ortho intramolecular Hbond substituents is 2. The Morgan fingerprint density at radius 1 is 0.780 bits per heavy atom. The van der Waals surface area contributed by atoms with Gasteiger partial charge in [-0.3, -0.25) is 9.59 Å². The first kappa shape index (κ1) is 39.1. The van der Waals surface area contributed by atoms with E-state index in [9.17, 15) is 29.4 Å². The molecule has 3 atom stereocenters. The Bertz CT molecular complexity index is 1640. The largest absolute Gasteiger partial charge is 0.508 e. The molecule has 0 aliphatic carbocycles. The smallest absolute Gasteiger partial charge is 0.408 e. The summed E-state index contributed by atoms with van der Waals surface area (Å²) in [5, 5.41) is 26.5. The molecule has 11 heteroatoms. The molecule has 268 valence electrons. The summed E-state index contributed by atoms with van der Waals surface area (Å²) < 4.78 is 11.1. The van der Waals surface area contributed by atoms with E-state index in [1.165, 1.54) is 29.2 Å². The van der Waals surface area contributed by atoms with Crippen LogP contribution < -0.4 is 10.6 Å². The zero-order valence-electron chi connectivity index (χ0n) is 29.9. The molecule has 0 aliphatic heterocycles. The second kappa shape index (κ2) is 16.9. The van der Waals surface area contributed by atoms with Crippen molar-refractivity contribution >= 4 is 23.9 Å². The summed E-state index contributed by atoms with van der Waals surface area (Å²) >= 11 is 0. The minimum Gasteiger partial charge on any atom is -0.508 e. The molecule has 0 bridgehead atoms. The van der Waals surface area contributed by atoms with Gasteiger partial charge in [0.25, 0.3) is 0 Å². The Morgan fingerprint density at radius 2 is 1.36 bits per heavy atom. The van der Waals surface area contributed by atoms with Crippen molar-refractivity contribution in [3.8, 4) is 11.5 Å². The zero-order chi connectivity index (χ0) is 37.2. The van der Waals surface area contributed by atoms with Crippen LogP contribution in [0.4, 0.5) is 4.79 Å². The second-order valence-corrected chi connectivity index (χ2v) is 14.0. The lowest BCUT2D eigenvalue weighted by molar-refractivity contribution is -0.159. The minimum atomic E-state index is -1.48. The van der Waals surface area contributed by atoms with Crippen molar-refractivity contribution in [1.82, 2.24) is 15.5 Å². The Morgan fingerprint density at radius 3 is 1.94 bits per heavy atom. The van der Waals surface area contributed by atoms with Gasteiger partial charge in [-0.15, -0.1) is 6.58 Å². The van der Waals surface area contributed by atoms with Crippen molar-refractivity contribution in [2.75, 3.05) is 6.54 Å². The quantitative estimate of drug-likeness (QED) is 0.133. The van der Waals surface area contributed by atoms with Crippen molar-refractivity contribution in [3.63, 3.8) is 0 Å². The van der Waals surface area contributed by atoms with E-state index in [-0.39, 0.29) is 36.4 Å². The molecule has 0 radical (unpaired) electrons. The number of carbonyl (C=O) groups is 4. The fraction of sp³-hybridized carbons (Fsp3) is 0.385. The van der Waals surface area contributed by atoms with E-state index in [4.69, 9.17) is 9.47 Å². The number of amides is 3. The highest BCUT2D eigenvalue weighted by Gasteiger charge is 2.39. The van der Waals surface area contributed by atoms with Crippen molar-refractivity contribution in [2.24, 2.45) is 0 Å². The molecule has 3 rings (SSSR count). The molecule has 0 spiro atoms. The van der Waals surface area contributed by atoms with Gasteiger partial charge in [-0.25, -0.2) is 9.59 Å². The number of hydrogen-bond donors (Lipinski definition) is 4. The van der Waals surface area contributed by atoms with Gasteiger partial charge < -0.3 is 35.2 Å². The van der Waals surface area contributed by atoms with Gasteiger partial charge >= 0.3 is 12.1 Å². The van der Waals surface area contributed by atoms with E-state index in [1.54, 1.807) is 72.7 Å². The summed E-state index contributed by atoms with van der Waals surface area (Å²) in [7, 11) is 0. The topological polar surface area (TPSA) is 154 Å². The Kier molecular flexibility index (Phi) is 13.2. The van der Waals surface area contributed by atoms with E-state index in [1.807, 2.05) is 30.3 Å². The molecule has 3 amide bonds. The summed E-state index contributed by atoms with van der Waals surface area (Å²) in [5.41, 5.74) is 0.177. The molecule has 50 heavy (non-hydrogen) atoms. The van der Waals surface area contributed by atoms with E-state index in [0.717, 1.165) is 5.56 Å². The lowest BCUT2D eigenvalue weighted by Crippen LogP contribution is -2.55. The van der Waals surface area contributed by atoms with Gasteiger partial charge in [-0.1, -0.05) is 66.7 Å². The fourth-order valence-electron chi connectivity index (χ4n) is 5.20. The van der Waals surface area contributed by atoms with Gasteiger partial charge in [0.2, 0.25) is 11.8 Å². The van der Waals surface area contributed by atoms with Crippen LogP contribution in [0.5, 0.6) is 11.5 Å². The van der Waals surface area contributed by atoms with Crippen LogP contribution in [0.3, 0.4) is 0 Å². The summed E-state index contributed by atoms with van der Waals surface area (Å²) in [4.78, 5) is 56.9. The first-order chi connectivity index (χ1) is 23.4. The number of nitrogens with one attached hydrogen (secondary N) is 2. The van der Waals surface area contributed by atoms with Crippen molar-refractivity contribution in [3.05, 3.63) is 108 Å². The molecular formula is C39H49N3O8. The summed E-state index contributed by atoms with van der Waals surface area (Å²) in [6.07, 6.45) is 0.619. The Labute approximate surface area is 294 Å². The maximum atomic E-state index is 14.6. The second-order valence-electron chi connectivity index (χ2n) is 14.0. The number of phenols is 2. The number of para-hydroxylation sites is 1. The van der Waals surface area contributed by atoms with Gasteiger partial charge in [-0.05, 0) is 77.3 Å². The third-order valence-electron chi connectivity index (χ3n) is 7.39. The number of hydrogen-bond acceptors (Lipinski definition) is 8. The number of carbonyl (C=O) groups excluding carboxylic acids is 4. The maximum absolute atomic E-state index is 14.6. The van der Waals surface area contributed by atoms with Gasteiger partial charge in [0, 0.05) is 24.9 Å². The first-order valence-corrected chi connectivity index (χ1v) is 16.4. The molecule has 3 unspecified atom stereocenters. The number of esters is 1. The molecular weight excluding hydrogens is 638 g/mol. The monoisotopic (exact) mass is 687 g/mol. The van der Waals surface area contributed by atoms with E-state index in [2.05, 4.69) is 17.2 Å². The molecule has 0 fully saturated rings. The molecule has 3 aromatic carbocycles. The van der Waals surface area contributed by atoms with Gasteiger partial charge in [0.05, 0.1) is 0 Å². The van der Waals surface area contributed by atoms with Crippen LogP contribution in [-0.2, 0) is 36.7 Å². The highest BCUT2D eigenvalue weighted by atomic mass is 16.6. The molecule has 11 nitrogen and oxygen atoms in total. The van der Waals surface area contributed by atoms with Crippen LogP contribution in [0.15, 0.2) is 85.5 Å². The molecule has 0 aliphatic rings. The van der Waals surface area contributed by atoms with E-state index >= 15 is 0 Å². The summed E-state index contributed by atoms with van der Waals surface area (Å²) in [6, 6.07) is 16.1. The Hall–Kier alpha value is -5.32. The van der Waals surface area contributed by atoms with Gasteiger partial charge in [0.15, 0.2) is 0 Å². The number of ether oxygens (including phenoxy) is 2. The summed E-state index contributed by atoms with van der Waals surface area (Å²) in [5.74, 6) is -2.34. The molecule has 0 aromatic heterocycles. The molecule has 4 N–H and O–H groups in total. The highest BCUT2D eigenvalue weighted by Crippen LogP contribution is 2.33. The normalized spacial score (nSPS) is 13.3. The molecule has 0 saturated heterocycles. The van der Waals surface area contributed by atoms with E-state index < -0.39 is 53.2 Å². The number of aromatic hydroxyl groups is 2. The fourth-order valence-corrected chi connectivity index (χ4v) is 5.20. The van der Waals surface area contributed by atoms with Crippen LogP contribution in [0.1, 0.15) is 69.8 Å². The predicted molar refractivity (Wildman–Crippen MR) is 190 cm³/mol. The number of nitrogens with zero attached hydrogens (tertiary/aromatic N) is 1. The average molecular weight is 688 g/mol. The van der Waals surface area contributed by atoms with Crippen LogP contribution in [0.2, 0.25) is 0 Å². The lowest BCUT2D eigenvalue weighted by atomic mass is 9.97. The third kappa shape index (κ3) is 11.7. The number of benzene rings is 3. The van der Waals surface area contributed by atoms with Crippen molar-refractivity contribution in [2.45, 2.75) is 90.6 Å². The van der Waals surface area contributed by atoms with Gasteiger partial charge in [-0.2, -0.15) is 0 Å². The highest BCUT2D eigenvalue weighted by molar-refractivity contribution is 5.94. The number of rotatable bonds is 13. The van der Waals surface area contributed by atoms with E-state index in [0.29, 0.717) is 11.1 Å². The van der Waals surface area contributed by atoms with Crippen molar-refractivity contribution < 1.29 is 38.9 Å².